The third-order valence-electron chi connectivity index (χ3n) is 10.6. The molecule has 0 spiro atoms. The number of alkyl halides is 1. The second-order valence-electron chi connectivity index (χ2n) is 12.8. The van der Waals surface area contributed by atoms with Gasteiger partial charge in [0.05, 0.1) is 6.67 Å². The van der Waals surface area contributed by atoms with Crippen molar-refractivity contribution in [1.82, 2.24) is 0 Å². The lowest BCUT2D eigenvalue weighted by atomic mass is 9.68. The largest absolute Gasteiger partial charge is 0.385 e. The van der Waals surface area contributed by atoms with Gasteiger partial charge < -0.3 is 4.74 Å². The average Bonchev–Trinajstić information content (AvgIpc) is 2.94. The van der Waals surface area contributed by atoms with Gasteiger partial charge in [-0.3, -0.25) is 4.39 Å². The average molecular weight is 499 g/mol. The number of hydrogen-bond acceptors (Lipinski definition) is 1. The maximum atomic E-state index is 12.5. The molecule has 0 bridgehead atoms. The van der Waals surface area contributed by atoms with Gasteiger partial charge in [-0.25, -0.2) is 0 Å². The molecule has 0 unspecified atom stereocenters. The van der Waals surface area contributed by atoms with Crippen LogP contribution in [0.4, 0.5) is 4.39 Å². The summed E-state index contributed by atoms with van der Waals surface area (Å²) in [5.74, 6) is 5.61. The van der Waals surface area contributed by atoms with Crippen molar-refractivity contribution < 1.29 is 9.13 Å². The second-order valence-corrected chi connectivity index (χ2v) is 12.8. The number of ether oxygens (including phenoxy) is 1. The van der Waals surface area contributed by atoms with E-state index < -0.39 is 0 Å². The van der Waals surface area contributed by atoms with Gasteiger partial charge in [-0.1, -0.05) is 62.8 Å². The summed E-state index contributed by atoms with van der Waals surface area (Å²) in [7, 11) is 1.81. The van der Waals surface area contributed by atoms with Crippen LogP contribution in [-0.4, -0.2) is 20.4 Å². The predicted octanol–water partition coefficient (Wildman–Crippen LogP) is 10.1. The first-order valence-electron chi connectivity index (χ1n) is 15.9. The highest BCUT2D eigenvalue weighted by atomic mass is 19.1. The summed E-state index contributed by atoms with van der Waals surface area (Å²) >= 11 is 0. The van der Waals surface area contributed by atoms with Gasteiger partial charge >= 0.3 is 0 Å². The Labute approximate surface area is 222 Å². The van der Waals surface area contributed by atoms with E-state index in [9.17, 15) is 4.39 Å². The van der Waals surface area contributed by atoms with Crippen molar-refractivity contribution in [2.45, 2.75) is 128 Å². The van der Waals surface area contributed by atoms with E-state index in [1.54, 1.807) is 11.1 Å². The minimum Gasteiger partial charge on any atom is -0.385 e. The molecule has 0 aromatic heterocycles. The Bertz CT molecular complexity index is 708. The molecular formula is C34H55FO. The van der Waals surface area contributed by atoms with E-state index in [0.29, 0.717) is 0 Å². The molecule has 0 atom stereocenters. The molecule has 204 valence electrons. The summed E-state index contributed by atoms with van der Waals surface area (Å²) < 4.78 is 17.7. The predicted molar refractivity (Wildman–Crippen MR) is 151 cm³/mol. The number of rotatable bonds is 13. The molecule has 36 heavy (non-hydrogen) atoms. The molecule has 0 amide bonds. The lowest BCUT2D eigenvalue weighted by Gasteiger charge is -2.38. The zero-order valence-electron chi connectivity index (χ0n) is 23.4. The molecule has 3 aliphatic rings. The van der Waals surface area contributed by atoms with Gasteiger partial charge in [-0.2, -0.15) is 0 Å². The molecule has 1 nitrogen and oxygen atoms in total. The zero-order chi connectivity index (χ0) is 25.0. The van der Waals surface area contributed by atoms with Crippen molar-refractivity contribution in [2.75, 3.05) is 20.4 Å². The quantitative estimate of drug-likeness (QED) is 0.246. The maximum Gasteiger partial charge on any atom is 0.0894 e. The van der Waals surface area contributed by atoms with Crippen LogP contribution in [0.25, 0.3) is 0 Å². The maximum absolute atomic E-state index is 12.5. The highest BCUT2D eigenvalue weighted by Gasteiger charge is 2.31. The monoisotopic (exact) mass is 498 g/mol. The summed E-state index contributed by atoms with van der Waals surface area (Å²) in [6, 6.07) is 9.29. The Morgan fingerprint density at radius 2 is 1.22 bits per heavy atom. The molecule has 4 rings (SSSR count). The van der Waals surface area contributed by atoms with Crippen molar-refractivity contribution in [3.8, 4) is 0 Å². The summed E-state index contributed by atoms with van der Waals surface area (Å²) in [4.78, 5) is 0. The molecule has 0 heterocycles. The molecule has 3 fully saturated rings. The van der Waals surface area contributed by atoms with E-state index in [1.807, 2.05) is 7.11 Å². The summed E-state index contributed by atoms with van der Waals surface area (Å²) in [6.45, 7) is 0.771. The van der Waals surface area contributed by atoms with Crippen LogP contribution in [-0.2, 0) is 11.2 Å². The van der Waals surface area contributed by atoms with E-state index in [4.69, 9.17) is 4.74 Å². The standard InChI is InChI=1S/C34H55FO/c1-36-26-5-4-9-32-8-2-3-10-34(32)33-23-17-29(18-24-33)12-11-28-15-21-31(22-16-28)30-19-13-27(14-20-30)7-6-25-35/h2-3,8,10,27-31,33H,4-7,9,11-26H2,1H3. The minimum atomic E-state index is -0.116. The summed E-state index contributed by atoms with van der Waals surface area (Å²) in [6.07, 6.45) is 25.9. The van der Waals surface area contributed by atoms with Gasteiger partial charge in [0.15, 0.2) is 0 Å². The molecule has 1 aromatic rings. The van der Waals surface area contributed by atoms with Crippen LogP contribution < -0.4 is 0 Å². The Hall–Kier alpha value is -0.890. The molecule has 0 radical (unpaired) electrons. The van der Waals surface area contributed by atoms with Crippen LogP contribution in [0.1, 0.15) is 133 Å². The van der Waals surface area contributed by atoms with Crippen LogP contribution in [0, 0.1) is 29.6 Å². The molecule has 1 aromatic carbocycles. The molecule has 0 aliphatic heterocycles. The summed E-state index contributed by atoms with van der Waals surface area (Å²) in [5.41, 5.74) is 3.25. The topological polar surface area (TPSA) is 9.23 Å². The van der Waals surface area contributed by atoms with Gasteiger partial charge in [0.2, 0.25) is 0 Å². The van der Waals surface area contributed by atoms with Crippen LogP contribution in [0.15, 0.2) is 24.3 Å². The molecule has 0 N–H and O–H groups in total. The number of hydrogen-bond donors (Lipinski definition) is 0. The van der Waals surface area contributed by atoms with Crippen LogP contribution >= 0.6 is 0 Å². The highest BCUT2D eigenvalue weighted by Crippen LogP contribution is 2.44. The Morgan fingerprint density at radius 1 is 0.667 bits per heavy atom. The molecule has 2 heteroatoms. The minimum absolute atomic E-state index is 0.116. The fourth-order valence-electron chi connectivity index (χ4n) is 8.22. The Morgan fingerprint density at radius 3 is 1.81 bits per heavy atom. The number of halogens is 1. The van der Waals surface area contributed by atoms with E-state index >= 15 is 0 Å². The van der Waals surface area contributed by atoms with Crippen LogP contribution in [0.5, 0.6) is 0 Å². The van der Waals surface area contributed by atoms with Crippen molar-refractivity contribution >= 4 is 0 Å². The zero-order valence-corrected chi connectivity index (χ0v) is 23.4. The van der Waals surface area contributed by atoms with E-state index in [1.165, 1.54) is 109 Å². The number of aryl methyl sites for hydroxylation is 1. The fraction of sp³-hybridized carbons (Fsp3) is 0.824. The normalized spacial score (nSPS) is 31.4. The Balaban J connectivity index is 1.11. The SMILES string of the molecule is COCCCCc1ccccc1C1CCC(CCC2CCC(C3CCC(CCCF)CC3)CC2)CC1. The van der Waals surface area contributed by atoms with Crippen molar-refractivity contribution in [1.29, 1.82) is 0 Å². The second kappa shape index (κ2) is 15.5. The number of unbranched alkanes of at least 4 members (excludes halogenated alkanes) is 1. The van der Waals surface area contributed by atoms with Gasteiger partial charge in [0.25, 0.3) is 0 Å². The summed E-state index contributed by atoms with van der Waals surface area (Å²) in [5, 5.41) is 0. The third kappa shape index (κ3) is 8.57. The van der Waals surface area contributed by atoms with Crippen molar-refractivity contribution in [3.05, 3.63) is 35.4 Å². The smallest absolute Gasteiger partial charge is 0.0894 e. The van der Waals surface area contributed by atoms with Crippen LogP contribution in [0.2, 0.25) is 0 Å². The molecule has 3 saturated carbocycles. The molecule has 0 saturated heterocycles. The van der Waals surface area contributed by atoms with Gasteiger partial charge in [0, 0.05) is 13.7 Å². The van der Waals surface area contributed by atoms with E-state index in [2.05, 4.69) is 24.3 Å². The number of benzene rings is 1. The van der Waals surface area contributed by atoms with Gasteiger partial charge in [-0.15, -0.1) is 0 Å². The fourth-order valence-corrected chi connectivity index (χ4v) is 8.22. The highest BCUT2D eigenvalue weighted by molar-refractivity contribution is 5.31. The van der Waals surface area contributed by atoms with Crippen LogP contribution in [0.3, 0.4) is 0 Å². The lowest BCUT2D eigenvalue weighted by molar-refractivity contribution is 0.136. The van der Waals surface area contributed by atoms with Gasteiger partial charge in [0.1, 0.15) is 0 Å². The van der Waals surface area contributed by atoms with Crippen molar-refractivity contribution in [3.63, 3.8) is 0 Å². The first kappa shape index (κ1) is 28.1. The van der Waals surface area contributed by atoms with Crippen molar-refractivity contribution in [2.24, 2.45) is 29.6 Å². The molecular weight excluding hydrogens is 443 g/mol. The van der Waals surface area contributed by atoms with E-state index in [-0.39, 0.29) is 6.67 Å². The lowest BCUT2D eigenvalue weighted by Crippen LogP contribution is -2.26. The first-order valence-corrected chi connectivity index (χ1v) is 15.9. The number of methoxy groups -OCH3 is 1. The Kier molecular flexibility index (Phi) is 12.1. The molecule has 3 aliphatic carbocycles. The third-order valence-corrected chi connectivity index (χ3v) is 10.6. The van der Waals surface area contributed by atoms with E-state index in [0.717, 1.165) is 55.0 Å². The first-order chi connectivity index (χ1) is 17.8. The van der Waals surface area contributed by atoms with Gasteiger partial charge in [-0.05, 0) is 130 Å².